The molecule has 108 valence electrons. The van der Waals surface area contributed by atoms with Crippen LogP contribution in [0.1, 0.15) is 37.7 Å². The van der Waals surface area contributed by atoms with Crippen LogP contribution in [0.5, 0.6) is 5.75 Å². The summed E-state index contributed by atoms with van der Waals surface area (Å²) in [6.07, 6.45) is 0.988. The van der Waals surface area contributed by atoms with Crippen molar-refractivity contribution in [3.8, 4) is 5.75 Å². The lowest BCUT2D eigenvalue weighted by molar-refractivity contribution is 0.312. The van der Waals surface area contributed by atoms with Crippen molar-refractivity contribution in [2.45, 2.75) is 32.9 Å². The summed E-state index contributed by atoms with van der Waals surface area (Å²) in [7, 11) is 0. The second-order valence-electron chi connectivity index (χ2n) is 4.47. The van der Waals surface area contributed by atoms with Crippen molar-refractivity contribution in [1.29, 1.82) is 0 Å². The van der Waals surface area contributed by atoms with E-state index in [1.54, 1.807) is 0 Å². The summed E-state index contributed by atoms with van der Waals surface area (Å²) in [5.41, 5.74) is 1.10. The largest absolute Gasteiger partial charge is 0.493 e. The van der Waals surface area contributed by atoms with Gasteiger partial charge in [0.25, 0.3) is 0 Å². The Balaban J connectivity index is 2.02. The van der Waals surface area contributed by atoms with E-state index >= 15 is 0 Å². The van der Waals surface area contributed by atoms with Gasteiger partial charge in [0.1, 0.15) is 5.75 Å². The second-order valence-corrected chi connectivity index (χ2v) is 5.39. The molecule has 0 aliphatic carbocycles. The molecule has 7 heteroatoms. The predicted molar refractivity (Wildman–Crippen MR) is 79.4 cm³/mol. The molecule has 1 aromatic heterocycles. The van der Waals surface area contributed by atoms with Crippen LogP contribution in [0.2, 0.25) is 0 Å². The molecule has 1 heterocycles. The molecule has 0 saturated heterocycles. The number of aromatic nitrogens is 4. The summed E-state index contributed by atoms with van der Waals surface area (Å²) in [5, 5.41) is 17.3. The molecule has 0 saturated carbocycles. The van der Waals surface area contributed by atoms with Gasteiger partial charge in [0.15, 0.2) is 5.82 Å². The van der Waals surface area contributed by atoms with Gasteiger partial charge in [0, 0.05) is 16.6 Å². The molecule has 1 atom stereocenters. The first-order valence-corrected chi connectivity index (χ1v) is 7.38. The first kappa shape index (κ1) is 14.9. The molecule has 0 aliphatic heterocycles. The average molecular weight is 340 g/mol. The van der Waals surface area contributed by atoms with Crippen molar-refractivity contribution < 1.29 is 4.74 Å². The third-order valence-electron chi connectivity index (χ3n) is 2.83. The molecular formula is C13H18BrN5O. The third kappa shape index (κ3) is 4.01. The van der Waals surface area contributed by atoms with Crippen molar-refractivity contribution in [2.75, 3.05) is 6.61 Å². The summed E-state index contributed by atoms with van der Waals surface area (Å²) in [4.78, 5) is 0. The molecule has 20 heavy (non-hydrogen) atoms. The Hall–Kier alpha value is -1.47. The van der Waals surface area contributed by atoms with Gasteiger partial charge in [-0.05, 0) is 31.5 Å². The van der Waals surface area contributed by atoms with Crippen LogP contribution in [0, 0.1) is 0 Å². The fourth-order valence-corrected chi connectivity index (χ4v) is 2.15. The van der Waals surface area contributed by atoms with Gasteiger partial charge in [-0.1, -0.05) is 28.1 Å². The first-order valence-electron chi connectivity index (χ1n) is 6.58. The lowest BCUT2D eigenvalue weighted by atomic mass is 10.2. The average Bonchev–Trinajstić information content (AvgIpc) is 2.98. The molecule has 0 radical (unpaired) electrons. The van der Waals surface area contributed by atoms with Gasteiger partial charge in [-0.15, -0.1) is 10.2 Å². The van der Waals surface area contributed by atoms with Gasteiger partial charge in [0.05, 0.1) is 12.6 Å². The molecule has 0 amide bonds. The van der Waals surface area contributed by atoms with Crippen LogP contribution >= 0.6 is 15.9 Å². The molecule has 0 spiro atoms. The second kappa shape index (κ2) is 7.35. The predicted octanol–water partition coefficient (Wildman–Crippen LogP) is 2.60. The van der Waals surface area contributed by atoms with Gasteiger partial charge in [-0.25, -0.2) is 0 Å². The number of ether oxygens (including phenoxy) is 1. The van der Waals surface area contributed by atoms with Crippen LogP contribution in [0.3, 0.4) is 0 Å². The number of hydrogen-bond acceptors (Lipinski definition) is 5. The number of aromatic amines is 1. The first-order chi connectivity index (χ1) is 9.70. The minimum atomic E-state index is 0.0201. The Bertz CT molecular complexity index is 532. The molecule has 6 nitrogen and oxygen atoms in total. The molecule has 2 aromatic rings. The fraction of sp³-hybridized carbons (Fsp3) is 0.462. The summed E-state index contributed by atoms with van der Waals surface area (Å²) < 4.78 is 6.79. The maximum absolute atomic E-state index is 5.75. The van der Waals surface area contributed by atoms with Crippen molar-refractivity contribution in [3.05, 3.63) is 34.1 Å². The Morgan fingerprint density at radius 1 is 1.45 bits per heavy atom. The Kier molecular flexibility index (Phi) is 5.49. The highest BCUT2D eigenvalue weighted by atomic mass is 79.9. The van der Waals surface area contributed by atoms with E-state index in [0.717, 1.165) is 28.8 Å². The number of benzene rings is 1. The van der Waals surface area contributed by atoms with E-state index in [-0.39, 0.29) is 6.04 Å². The number of tetrazole rings is 1. The monoisotopic (exact) mass is 339 g/mol. The van der Waals surface area contributed by atoms with E-state index in [1.165, 1.54) is 0 Å². The van der Waals surface area contributed by atoms with Crippen LogP contribution < -0.4 is 10.1 Å². The normalized spacial score (nSPS) is 12.3. The maximum Gasteiger partial charge on any atom is 0.191 e. The minimum absolute atomic E-state index is 0.0201. The van der Waals surface area contributed by atoms with Crippen LogP contribution in [-0.4, -0.2) is 27.2 Å². The Morgan fingerprint density at radius 2 is 2.30 bits per heavy atom. The zero-order valence-electron chi connectivity index (χ0n) is 11.6. The zero-order chi connectivity index (χ0) is 14.4. The smallest absolute Gasteiger partial charge is 0.191 e. The van der Waals surface area contributed by atoms with E-state index in [2.05, 4.69) is 54.9 Å². The SMILES string of the molecule is CCCOc1ccc(Br)cc1CNC(C)c1nn[nH]n1. The number of nitrogens with one attached hydrogen (secondary N) is 2. The number of halogens is 1. The maximum atomic E-state index is 5.75. The van der Waals surface area contributed by atoms with Gasteiger partial charge in [-0.3, -0.25) is 0 Å². The number of rotatable bonds is 7. The summed E-state index contributed by atoms with van der Waals surface area (Å²) in [6, 6.07) is 6.04. The molecule has 2 N–H and O–H groups in total. The Morgan fingerprint density at radius 3 is 3.00 bits per heavy atom. The van der Waals surface area contributed by atoms with Gasteiger partial charge >= 0.3 is 0 Å². The van der Waals surface area contributed by atoms with Crippen molar-refractivity contribution >= 4 is 15.9 Å². The van der Waals surface area contributed by atoms with Crippen LogP contribution in [0.25, 0.3) is 0 Å². The molecule has 1 unspecified atom stereocenters. The van der Waals surface area contributed by atoms with Crippen LogP contribution in [0.4, 0.5) is 0 Å². The lowest BCUT2D eigenvalue weighted by Crippen LogP contribution is -2.20. The van der Waals surface area contributed by atoms with Gasteiger partial charge < -0.3 is 10.1 Å². The van der Waals surface area contributed by atoms with E-state index in [9.17, 15) is 0 Å². The molecular weight excluding hydrogens is 322 g/mol. The quantitative estimate of drug-likeness (QED) is 0.810. The zero-order valence-corrected chi connectivity index (χ0v) is 13.1. The van der Waals surface area contributed by atoms with Crippen molar-refractivity contribution in [2.24, 2.45) is 0 Å². The highest BCUT2D eigenvalue weighted by Gasteiger charge is 2.11. The van der Waals surface area contributed by atoms with Crippen molar-refractivity contribution in [1.82, 2.24) is 25.9 Å². The standard InChI is InChI=1S/C13H18BrN5O/c1-3-6-20-12-5-4-11(14)7-10(12)8-15-9(2)13-16-18-19-17-13/h4-5,7,9,15H,3,6,8H2,1-2H3,(H,16,17,18,19). The van der Waals surface area contributed by atoms with Gasteiger partial charge in [-0.2, -0.15) is 5.21 Å². The van der Waals surface area contributed by atoms with Crippen LogP contribution in [0.15, 0.2) is 22.7 Å². The van der Waals surface area contributed by atoms with Gasteiger partial charge in [0.2, 0.25) is 0 Å². The summed E-state index contributed by atoms with van der Waals surface area (Å²) in [5.74, 6) is 1.55. The number of hydrogen-bond donors (Lipinski definition) is 2. The lowest BCUT2D eigenvalue weighted by Gasteiger charge is -2.14. The van der Waals surface area contributed by atoms with Crippen molar-refractivity contribution in [3.63, 3.8) is 0 Å². The fourth-order valence-electron chi connectivity index (χ4n) is 1.75. The molecule has 0 fully saturated rings. The number of H-pyrrole nitrogens is 1. The summed E-state index contributed by atoms with van der Waals surface area (Å²) in [6.45, 7) is 5.48. The van der Waals surface area contributed by atoms with E-state index < -0.39 is 0 Å². The van der Waals surface area contributed by atoms with Crippen LogP contribution in [-0.2, 0) is 6.54 Å². The molecule has 2 rings (SSSR count). The van der Waals surface area contributed by atoms with E-state index in [4.69, 9.17) is 4.74 Å². The number of nitrogens with zero attached hydrogens (tertiary/aromatic N) is 3. The molecule has 1 aromatic carbocycles. The molecule has 0 bridgehead atoms. The Labute approximate surface area is 126 Å². The topological polar surface area (TPSA) is 75.7 Å². The highest BCUT2D eigenvalue weighted by Crippen LogP contribution is 2.24. The highest BCUT2D eigenvalue weighted by molar-refractivity contribution is 9.10. The summed E-state index contributed by atoms with van der Waals surface area (Å²) >= 11 is 3.49. The minimum Gasteiger partial charge on any atom is -0.493 e. The van der Waals surface area contributed by atoms with E-state index in [1.807, 2.05) is 19.1 Å². The molecule has 0 aliphatic rings. The van der Waals surface area contributed by atoms with E-state index in [0.29, 0.717) is 12.4 Å². The third-order valence-corrected chi connectivity index (χ3v) is 3.33.